The van der Waals surface area contributed by atoms with Crippen molar-refractivity contribution >= 4 is 0 Å². The van der Waals surface area contributed by atoms with Gasteiger partial charge in [-0.1, -0.05) is 13.8 Å². The fourth-order valence-corrected chi connectivity index (χ4v) is 2.69. The van der Waals surface area contributed by atoms with Crippen LogP contribution in [0.5, 0.6) is 0 Å². The van der Waals surface area contributed by atoms with E-state index in [9.17, 15) is 0 Å². The standard InChI is InChI=1S/C11H24N/c1-5-10-8-12(4,7-3)9-11(10)6-2/h10-11H,5-9H2,1-4H3/q+1. The van der Waals surface area contributed by atoms with Crippen molar-refractivity contribution in [1.29, 1.82) is 0 Å². The fourth-order valence-electron chi connectivity index (χ4n) is 2.69. The minimum Gasteiger partial charge on any atom is -0.326 e. The van der Waals surface area contributed by atoms with Crippen molar-refractivity contribution in [2.24, 2.45) is 11.8 Å². The van der Waals surface area contributed by atoms with Crippen molar-refractivity contribution in [2.45, 2.75) is 33.6 Å². The second kappa shape index (κ2) is 3.78. The van der Waals surface area contributed by atoms with E-state index >= 15 is 0 Å². The zero-order valence-electron chi connectivity index (χ0n) is 9.14. The Bertz CT molecular complexity index is 130. The van der Waals surface area contributed by atoms with Gasteiger partial charge < -0.3 is 4.48 Å². The number of hydrogen-bond donors (Lipinski definition) is 0. The van der Waals surface area contributed by atoms with E-state index in [0.29, 0.717) is 0 Å². The predicted octanol–water partition coefficient (Wildman–Crippen LogP) is 2.52. The number of hydrogen-bond acceptors (Lipinski definition) is 0. The summed E-state index contributed by atoms with van der Waals surface area (Å²) in [4.78, 5) is 0. The van der Waals surface area contributed by atoms with Crippen molar-refractivity contribution in [1.82, 2.24) is 0 Å². The minimum absolute atomic E-state index is 1.000. The minimum atomic E-state index is 1.000. The zero-order valence-corrected chi connectivity index (χ0v) is 9.14. The third kappa shape index (κ3) is 1.82. The Labute approximate surface area is 77.4 Å². The van der Waals surface area contributed by atoms with Gasteiger partial charge in [0.2, 0.25) is 0 Å². The summed E-state index contributed by atoms with van der Waals surface area (Å²) in [6, 6.07) is 0. The molecule has 72 valence electrons. The van der Waals surface area contributed by atoms with Gasteiger partial charge in [0.25, 0.3) is 0 Å². The predicted molar refractivity (Wildman–Crippen MR) is 54.0 cm³/mol. The molecule has 1 rings (SSSR count). The molecule has 0 N–H and O–H groups in total. The monoisotopic (exact) mass is 170 g/mol. The van der Waals surface area contributed by atoms with Crippen LogP contribution in [0.15, 0.2) is 0 Å². The highest BCUT2D eigenvalue weighted by molar-refractivity contribution is 4.73. The van der Waals surface area contributed by atoms with Crippen LogP contribution in [-0.2, 0) is 0 Å². The van der Waals surface area contributed by atoms with Crippen molar-refractivity contribution in [3.63, 3.8) is 0 Å². The lowest BCUT2D eigenvalue weighted by atomic mass is 9.92. The lowest BCUT2D eigenvalue weighted by Gasteiger charge is -2.28. The number of nitrogens with zero attached hydrogens (tertiary/aromatic N) is 1. The van der Waals surface area contributed by atoms with E-state index in [-0.39, 0.29) is 0 Å². The highest BCUT2D eigenvalue weighted by atomic mass is 15.3. The van der Waals surface area contributed by atoms with Gasteiger partial charge in [-0.25, -0.2) is 0 Å². The first-order valence-electron chi connectivity index (χ1n) is 5.48. The Morgan fingerprint density at radius 1 is 1.00 bits per heavy atom. The molecule has 1 saturated heterocycles. The highest BCUT2D eigenvalue weighted by Gasteiger charge is 2.39. The Kier molecular flexibility index (Phi) is 3.16. The van der Waals surface area contributed by atoms with Crippen LogP contribution in [0.2, 0.25) is 0 Å². The molecule has 1 heteroatoms. The second-order valence-corrected chi connectivity index (χ2v) is 4.64. The van der Waals surface area contributed by atoms with E-state index in [1.165, 1.54) is 37.0 Å². The van der Waals surface area contributed by atoms with E-state index in [4.69, 9.17) is 0 Å². The first-order chi connectivity index (χ1) is 5.65. The Morgan fingerprint density at radius 3 is 1.67 bits per heavy atom. The average Bonchev–Trinajstić information content (AvgIpc) is 2.43. The van der Waals surface area contributed by atoms with Crippen LogP contribution in [0.25, 0.3) is 0 Å². The number of likely N-dealkylation sites (tertiary alicyclic amines) is 1. The van der Waals surface area contributed by atoms with E-state index < -0.39 is 0 Å². The van der Waals surface area contributed by atoms with E-state index in [0.717, 1.165) is 11.8 Å². The third-order valence-electron chi connectivity index (χ3n) is 3.83. The van der Waals surface area contributed by atoms with E-state index in [2.05, 4.69) is 27.8 Å². The normalized spacial score (nSPS) is 42.0. The van der Waals surface area contributed by atoms with E-state index in [1.807, 2.05) is 0 Å². The molecule has 1 nitrogen and oxygen atoms in total. The Morgan fingerprint density at radius 2 is 1.42 bits per heavy atom. The molecule has 0 bridgehead atoms. The molecule has 2 unspecified atom stereocenters. The molecule has 0 saturated carbocycles. The quantitative estimate of drug-likeness (QED) is 0.571. The Hall–Kier alpha value is -0.0400. The largest absolute Gasteiger partial charge is 0.326 e. The Balaban J connectivity index is 2.58. The fraction of sp³-hybridized carbons (Fsp3) is 1.00. The molecule has 1 aliphatic rings. The van der Waals surface area contributed by atoms with Crippen molar-refractivity contribution in [3.05, 3.63) is 0 Å². The molecular weight excluding hydrogens is 146 g/mol. The van der Waals surface area contributed by atoms with Gasteiger partial charge in [-0.3, -0.25) is 0 Å². The lowest BCUT2D eigenvalue weighted by molar-refractivity contribution is -0.898. The molecule has 0 amide bonds. The first-order valence-corrected chi connectivity index (χ1v) is 5.48. The summed E-state index contributed by atoms with van der Waals surface area (Å²) in [6.45, 7) is 11.2. The van der Waals surface area contributed by atoms with Crippen LogP contribution in [0, 0.1) is 11.8 Å². The van der Waals surface area contributed by atoms with Gasteiger partial charge in [-0.2, -0.15) is 0 Å². The molecule has 0 aliphatic carbocycles. The van der Waals surface area contributed by atoms with Crippen LogP contribution in [0.1, 0.15) is 33.6 Å². The van der Waals surface area contributed by atoms with Gasteiger partial charge in [0.1, 0.15) is 0 Å². The molecule has 1 aliphatic heterocycles. The summed E-state index contributed by atoms with van der Waals surface area (Å²) in [5.74, 6) is 2.00. The van der Waals surface area contributed by atoms with Gasteiger partial charge in [0, 0.05) is 11.8 Å². The van der Waals surface area contributed by atoms with Crippen LogP contribution < -0.4 is 0 Å². The molecule has 2 atom stereocenters. The molecule has 1 fully saturated rings. The van der Waals surface area contributed by atoms with Crippen molar-refractivity contribution < 1.29 is 4.48 Å². The summed E-state index contributed by atoms with van der Waals surface area (Å²) in [5.41, 5.74) is 0. The smallest absolute Gasteiger partial charge is 0.0817 e. The molecule has 0 radical (unpaired) electrons. The maximum absolute atomic E-state index is 2.42. The molecule has 0 spiro atoms. The van der Waals surface area contributed by atoms with Crippen LogP contribution >= 0.6 is 0 Å². The molecule has 12 heavy (non-hydrogen) atoms. The molecule has 0 aromatic heterocycles. The van der Waals surface area contributed by atoms with Crippen LogP contribution in [0.3, 0.4) is 0 Å². The van der Waals surface area contributed by atoms with Gasteiger partial charge in [-0.05, 0) is 19.8 Å². The van der Waals surface area contributed by atoms with Crippen molar-refractivity contribution in [3.8, 4) is 0 Å². The summed E-state index contributed by atoms with van der Waals surface area (Å²) in [5, 5.41) is 0. The summed E-state index contributed by atoms with van der Waals surface area (Å²) in [7, 11) is 2.42. The average molecular weight is 170 g/mol. The van der Waals surface area contributed by atoms with Crippen LogP contribution in [0.4, 0.5) is 0 Å². The number of rotatable bonds is 3. The topological polar surface area (TPSA) is 0 Å². The first kappa shape index (κ1) is 10.0. The SMILES string of the molecule is CCC1C[N+](C)(CC)CC1CC. The maximum Gasteiger partial charge on any atom is 0.0817 e. The molecule has 1 heterocycles. The second-order valence-electron chi connectivity index (χ2n) is 4.64. The van der Waals surface area contributed by atoms with Gasteiger partial charge >= 0.3 is 0 Å². The summed E-state index contributed by atoms with van der Waals surface area (Å²) < 4.78 is 1.32. The lowest BCUT2D eigenvalue weighted by Crippen LogP contribution is -2.41. The van der Waals surface area contributed by atoms with Crippen LogP contribution in [-0.4, -0.2) is 31.2 Å². The highest BCUT2D eigenvalue weighted by Crippen LogP contribution is 2.32. The third-order valence-corrected chi connectivity index (χ3v) is 3.83. The van der Waals surface area contributed by atoms with Gasteiger partial charge in [0.15, 0.2) is 0 Å². The summed E-state index contributed by atoms with van der Waals surface area (Å²) in [6.07, 6.45) is 2.76. The maximum atomic E-state index is 2.42. The number of quaternary nitrogens is 1. The van der Waals surface area contributed by atoms with Crippen molar-refractivity contribution in [2.75, 3.05) is 26.7 Å². The zero-order chi connectivity index (χ0) is 9.19. The van der Waals surface area contributed by atoms with Gasteiger partial charge in [0.05, 0.1) is 26.7 Å². The van der Waals surface area contributed by atoms with Gasteiger partial charge in [-0.15, -0.1) is 0 Å². The summed E-state index contributed by atoms with van der Waals surface area (Å²) >= 11 is 0. The molecule has 0 aromatic carbocycles. The van der Waals surface area contributed by atoms with E-state index in [1.54, 1.807) is 0 Å². The molecule has 0 aromatic rings. The molecular formula is C11H24N+.